The molecule has 0 radical (unpaired) electrons. The molecule has 2 unspecified atom stereocenters. The molecular weight excluding hydrogens is 238 g/mol. The summed E-state index contributed by atoms with van der Waals surface area (Å²) < 4.78 is 5.49. The largest absolute Gasteiger partial charge is 0.478 e. The number of anilines is 1. The molecule has 19 heavy (non-hydrogen) atoms. The molecule has 0 bridgehead atoms. The smallest absolute Gasteiger partial charge is 0.215 e. The summed E-state index contributed by atoms with van der Waals surface area (Å²) in [5.74, 6) is 2.58. The van der Waals surface area contributed by atoms with Crippen LogP contribution >= 0.6 is 0 Å². The van der Waals surface area contributed by atoms with Gasteiger partial charge in [0.25, 0.3) is 0 Å². The van der Waals surface area contributed by atoms with Gasteiger partial charge in [-0.2, -0.15) is 4.98 Å². The molecule has 2 aliphatic rings. The Hall–Kier alpha value is -1.29. The third-order valence-electron chi connectivity index (χ3n) is 4.22. The van der Waals surface area contributed by atoms with Crippen molar-refractivity contribution in [2.45, 2.75) is 32.2 Å². The van der Waals surface area contributed by atoms with Gasteiger partial charge in [-0.25, -0.2) is 0 Å². The van der Waals surface area contributed by atoms with Crippen LogP contribution in [0.1, 0.15) is 26.2 Å². The van der Waals surface area contributed by atoms with Crippen LogP contribution in [0.4, 0.5) is 5.82 Å². The van der Waals surface area contributed by atoms with Crippen molar-refractivity contribution >= 4 is 5.82 Å². The van der Waals surface area contributed by atoms with Crippen LogP contribution in [0.15, 0.2) is 18.2 Å². The Morgan fingerprint density at radius 2 is 2.37 bits per heavy atom. The van der Waals surface area contributed by atoms with Crippen LogP contribution in [0.2, 0.25) is 0 Å². The highest BCUT2D eigenvalue weighted by Crippen LogP contribution is 2.28. The molecule has 2 saturated heterocycles. The Balaban J connectivity index is 1.70. The van der Waals surface area contributed by atoms with Crippen molar-refractivity contribution in [2.24, 2.45) is 5.92 Å². The van der Waals surface area contributed by atoms with E-state index in [-0.39, 0.29) is 0 Å². The first-order valence-electron chi connectivity index (χ1n) is 7.45. The number of rotatable bonds is 3. The Bertz CT molecular complexity index is 424. The van der Waals surface area contributed by atoms with Gasteiger partial charge in [0, 0.05) is 25.2 Å². The van der Waals surface area contributed by atoms with E-state index in [1.807, 2.05) is 19.1 Å². The lowest BCUT2D eigenvalue weighted by Crippen LogP contribution is -2.52. The Morgan fingerprint density at radius 3 is 3.26 bits per heavy atom. The minimum Gasteiger partial charge on any atom is -0.478 e. The van der Waals surface area contributed by atoms with Crippen LogP contribution in [0, 0.1) is 5.92 Å². The van der Waals surface area contributed by atoms with Gasteiger partial charge >= 0.3 is 0 Å². The quantitative estimate of drug-likeness (QED) is 0.903. The fourth-order valence-electron chi connectivity index (χ4n) is 3.26. The van der Waals surface area contributed by atoms with Crippen LogP contribution in [-0.4, -0.2) is 37.3 Å². The van der Waals surface area contributed by atoms with Gasteiger partial charge < -0.3 is 15.0 Å². The summed E-state index contributed by atoms with van der Waals surface area (Å²) in [7, 11) is 0. The standard InChI is InChI=1S/C15H23N3O/c1-2-19-15-7-3-6-14(17-15)18-10-8-13-12(11-18)5-4-9-16-13/h3,6-7,12-13,16H,2,4-5,8-11H2,1H3. The van der Waals surface area contributed by atoms with E-state index in [1.165, 1.54) is 25.8 Å². The number of fused-ring (bicyclic) bond motifs is 1. The van der Waals surface area contributed by atoms with E-state index in [9.17, 15) is 0 Å². The summed E-state index contributed by atoms with van der Waals surface area (Å²) in [6, 6.07) is 6.79. The van der Waals surface area contributed by atoms with Gasteiger partial charge in [0.1, 0.15) is 5.82 Å². The number of pyridine rings is 1. The molecule has 1 aromatic rings. The van der Waals surface area contributed by atoms with Gasteiger partial charge in [-0.05, 0) is 44.7 Å². The number of hydrogen-bond donors (Lipinski definition) is 1. The van der Waals surface area contributed by atoms with Crippen molar-refractivity contribution in [2.75, 3.05) is 31.1 Å². The van der Waals surface area contributed by atoms with Gasteiger partial charge in [0.15, 0.2) is 0 Å². The van der Waals surface area contributed by atoms with Gasteiger partial charge in [0.2, 0.25) is 5.88 Å². The maximum Gasteiger partial charge on any atom is 0.215 e. The van der Waals surface area contributed by atoms with Crippen molar-refractivity contribution in [1.29, 1.82) is 0 Å². The molecule has 2 aliphatic heterocycles. The summed E-state index contributed by atoms with van der Waals surface area (Å²) in [5, 5.41) is 3.65. The molecule has 1 aromatic heterocycles. The van der Waals surface area contributed by atoms with Crippen LogP contribution in [0.5, 0.6) is 5.88 Å². The number of ether oxygens (including phenoxy) is 1. The highest BCUT2D eigenvalue weighted by Gasteiger charge is 2.31. The minimum absolute atomic E-state index is 0.672. The molecule has 0 aromatic carbocycles. The SMILES string of the molecule is CCOc1cccc(N2CCC3NCCCC3C2)n1. The molecule has 4 nitrogen and oxygen atoms in total. The minimum atomic E-state index is 0.672. The third-order valence-corrected chi connectivity index (χ3v) is 4.22. The predicted molar refractivity (Wildman–Crippen MR) is 76.8 cm³/mol. The lowest BCUT2D eigenvalue weighted by atomic mass is 9.85. The molecule has 4 heteroatoms. The zero-order valence-electron chi connectivity index (χ0n) is 11.6. The second-order valence-electron chi connectivity index (χ2n) is 5.46. The summed E-state index contributed by atoms with van der Waals surface area (Å²) >= 11 is 0. The van der Waals surface area contributed by atoms with Crippen molar-refractivity contribution < 1.29 is 4.74 Å². The molecule has 2 atom stereocenters. The van der Waals surface area contributed by atoms with Gasteiger partial charge in [-0.3, -0.25) is 0 Å². The number of nitrogens with zero attached hydrogens (tertiary/aromatic N) is 2. The van der Waals surface area contributed by atoms with E-state index in [4.69, 9.17) is 4.74 Å². The van der Waals surface area contributed by atoms with Crippen LogP contribution < -0.4 is 15.0 Å². The van der Waals surface area contributed by atoms with E-state index in [1.54, 1.807) is 0 Å². The van der Waals surface area contributed by atoms with Crippen LogP contribution in [0.3, 0.4) is 0 Å². The second kappa shape index (κ2) is 5.78. The van der Waals surface area contributed by atoms with Crippen molar-refractivity contribution in [1.82, 2.24) is 10.3 Å². The highest BCUT2D eigenvalue weighted by atomic mass is 16.5. The van der Waals surface area contributed by atoms with E-state index in [2.05, 4.69) is 21.3 Å². The Labute approximate surface area is 115 Å². The van der Waals surface area contributed by atoms with Gasteiger partial charge in [-0.15, -0.1) is 0 Å². The molecule has 2 fully saturated rings. The Kier molecular flexibility index (Phi) is 3.87. The molecule has 3 heterocycles. The lowest BCUT2D eigenvalue weighted by molar-refractivity contribution is 0.243. The number of aromatic nitrogens is 1. The normalized spacial score (nSPS) is 26.9. The summed E-state index contributed by atoms with van der Waals surface area (Å²) in [4.78, 5) is 7.02. The fraction of sp³-hybridized carbons (Fsp3) is 0.667. The van der Waals surface area contributed by atoms with Crippen molar-refractivity contribution in [3.05, 3.63) is 18.2 Å². The molecule has 1 N–H and O–H groups in total. The van der Waals surface area contributed by atoms with Crippen LogP contribution in [-0.2, 0) is 0 Å². The van der Waals surface area contributed by atoms with E-state index in [0.29, 0.717) is 6.61 Å². The first kappa shape index (κ1) is 12.7. The Morgan fingerprint density at radius 1 is 1.42 bits per heavy atom. The maximum absolute atomic E-state index is 5.49. The van der Waals surface area contributed by atoms with E-state index < -0.39 is 0 Å². The molecule has 0 aliphatic carbocycles. The van der Waals surface area contributed by atoms with Crippen molar-refractivity contribution in [3.8, 4) is 5.88 Å². The molecular formula is C15H23N3O. The molecule has 104 valence electrons. The summed E-state index contributed by atoms with van der Waals surface area (Å²) in [6.45, 7) is 6.08. The third kappa shape index (κ3) is 2.84. The highest BCUT2D eigenvalue weighted by molar-refractivity contribution is 5.41. The summed E-state index contributed by atoms with van der Waals surface area (Å²) in [6.07, 6.45) is 3.88. The first-order chi connectivity index (χ1) is 9.36. The lowest BCUT2D eigenvalue weighted by Gasteiger charge is -2.42. The number of piperidine rings is 2. The zero-order chi connectivity index (χ0) is 13.1. The molecule has 3 rings (SSSR count). The van der Waals surface area contributed by atoms with Crippen molar-refractivity contribution in [3.63, 3.8) is 0 Å². The van der Waals surface area contributed by atoms with E-state index >= 15 is 0 Å². The van der Waals surface area contributed by atoms with Gasteiger partial charge in [-0.1, -0.05) is 6.07 Å². The topological polar surface area (TPSA) is 37.4 Å². The number of nitrogens with one attached hydrogen (secondary N) is 1. The molecule has 0 spiro atoms. The van der Waals surface area contributed by atoms with E-state index in [0.717, 1.165) is 36.7 Å². The summed E-state index contributed by atoms with van der Waals surface area (Å²) in [5.41, 5.74) is 0. The maximum atomic E-state index is 5.49. The predicted octanol–water partition coefficient (Wildman–Crippen LogP) is 2.06. The average Bonchev–Trinajstić information content (AvgIpc) is 2.47. The fourth-order valence-corrected chi connectivity index (χ4v) is 3.26. The number of hydrogen-bond acceptors (Lipinski definition) is 4. The van der Waals surface area contributed by atoms with Gasteiger partial charge in [0.05, 0.1) is 6.61 Å². The monoisotopic (exact) mass is 261 g/mol. The first-order valence-corrected chi connectivity index (χ1v) is 7.45. The second-order valence-corrected chi connectivity index (χ2v) is 5.46. The zero-order valence-corrected chi connectivity index (χ0v) is 11.6. The average molecular weight is 261 g/mol. The van der Waals surface area contributed by atoms with Crippen LogP contribution in [0.25, 0.3) is 0 Å². The molecule has 0 saturated carbocycles. The molecule has 0 amide bonds.